The average molecular weight is 244 g/mol. The van der Waals surface area contributed by atoms with Crippen LogP contribution in [0.4, 0.5) is 0 Å². The van der Waals surface area contributed by atoms with Gasteiger partial charge in [0.1, 0.15) is 0 Å². The molecule has 1 heterocycles. The van der Waals surface area contributed by atoms with E-state index in [-0.39, 0.29) is 5.38 Å². The molecular formula is C12H22ClN3. The maximum atomic E-state index is 5.88. The van der Waals surface area contributed by atoms with E-state index in [9.17, 15) is 0 Å². The van der Waals surface area contributed by atoms with Crippen molar-refractivity contribution in [2.45, 2.75) is 52.1 Å². The Balaban J connectivity index is 2.26. The minimum absolute atomic E-state index is 0.283. The molecule has 1 N–H and O–H groups in total. The zero-order valence-corrected chi connectivity index (χ0v) is 11.2. The number of nitrogens with zero attached hydrogens (tertiary/aromatic N) is 2. The summed E-state index contributed by atoms with van der Waals surface area (Å²) in [6.07, 6.45) is 2.20. The molecule has 0 spiro atoms. The van der Waals surface area contributed by atoms with Crippen LogP contribution in [-0.2, 0) is 13.1 Å². The Hall–Kier alpha value is -0.540. The lowest BCUT2D eigenvalue weighted by Crippen LogP contribution is -2.18. The van der Waals surface area contributed by atoms with Crippen LogP contribution in [-0.4, -0.2) is 21.7 Å². The first-order valence-corrected chi connectivity index (χ1v) is 6.45. The number of nitrogens with one attached hydrogen (secondary N) is 1. The van der Waals surface area contributed by atoms with Crippen LogP contribution >= 0.6 is 11.6 Å². The van der Waals surface area contributed by atoms with Gasteiger partial charge in [0.2, 0.25) is 0 Å². The van der Waals surface area contributed by atoms with Crippen LogP contribution in [0.25, 0.3) is 0 Å². The van der Waals surface area contributed by atoms with Gasteiger partial charge >= 0.3 is 0 Å². The predicted molar refractivity (Wildman–Crippen MR) is 68.9 cm³/mol. The maximum Gasteiger partial charge on any atom is 0.0597 e. The molecule has 0 saturated heterocycles. The van der Waals surface area contributed by atoms with Crippen molar-refractivity contribution in [3.63, 3.8) is 0 Å². The molecule has 1 rings (SSSR count). The zero-order chi connectivity index (χ0) is 12.0. The third-order valence-electron chi connectivity index (χ3n) is 2.55. The molecule has 0 amide bonds. The Morgan fingerprint density at radius 1 is 1.56 bits per heavy atom. The van der Waals surface area contributed by atoms with E-state index in [4.69, 9.17) is 11.6 Å². The Kier molecular flexibility index (Phi) is 5.85. The first-order valence-electron chi connectivity index (χ1n) is 6.01. The van der Waals surface area contributed by atoms with Crippen molar-refractivity contribution in [1.82, 2.24) is 15.1 Å². The molecular weight excluding hydrogens is 222 g/mol. The standard InChI is InChI=1S/C12H22ClN3/c1-4-16-12(8-11(3)15-16)9-14-7-5-6-10(2)13/h8,10,14H,4-7,9H2,1-3H3. The number of halogens is 1. The number of aromatic nitrogens is 2. The molecule has 0 radical (unpaired) electrons. The topological polar surface area (TPSA) is 29.9 Å². The van der Waals surface area contributed by atoms with Crippen molar-refractivity contribution in [3.05, 3.63) is 17.5 Å². The molecule has 0 aliphatic heterocycles. The predicted octanol–water partition coefficient (Wildman–Crippen LogP) is 2.71. The molecule has 4 heteroatoms. The van der Waals surface area contributed by atoms with Crippen molar-refractivity contribution in [3.8, 4) is 0 Å². The van der Waals surface area contributed by atoms with Gasteiger partial charge in [-0.1, -0.05) is 0 Å². The molecule has 1 atom stereocenters. The summed E-state index contributed by atoms with van der Waals surface area (Å²) in [5.74, 6) is 0. The highest BCUT2D eigenvalue weighted by Gasteiger charge is 2.03. The van der Waals surface area contributed by atoms with Crippen LogP contribution in [0.5, 0.6) is 0 Å². The van der Waals surface area contributed by atoms with E-state index >= 15 is 0 Å². The van der Waals surface area contributed by atoms with E-state index < -0.39 is 0 Å². The Labute approximate surface area is 103 Å². The van der Waals surface area contributed by atoms with Gasteiger partial charge in [-0.25, -0.2) is 0 Å². The summed E-state index contributed by atoms with van der Waals surface area (Å²) in [7, 11) is 0. The molecule has 0 fully saturated rings. The average Bonchev–Trinajstić information content (AvgIpc) is 2.58. The zero-order valence-electron chi connectivity index (χ0n) is 10.5. The Morgan fingerprint density at radius 2 is 2.31 bits per heavy atom. The van der Waals surface area contributed by atoms with E-state index in [1.807, 2.05) is 18.5 Å². The van der Waals surface area contributed by atoms with Crippen LogP contribution in [0.15, 0.2) is 6.07 Å². The molecule has 3 nitrogen and oxygen atoms in total. The van der Waals surface area contributed by atoms with E-state index in [1.54, 1.807) is 0 Å². The van der Waals surface area contributed by atoms with Gasteiger partial charge in [0.25, 0.3) is 0 Å². The highest BCUT2D eigenvalue weighted by Crippen LogP contribution is 2.05. The highest BCUT2D eigenvalue weighted by molar-refractivity contribution is 6.20. The van der Waals surface area contributed by atoms with Crippen LogP contribution in [0.2, 0.25) is 0 Å². The summed E-state index contributed by atoms with van der Waals surface area (Å²) in [6.45, 7) is 9.03. The van der Waals surface area contributed by atoms with Crippen molar-refractivity contribution in [2.75, 3.05) is 6.54 Å². The molecule has 1 aromatic rings. The molecule has 1 unspecified atom stereocenters. The van der Waals surface area contributed by atoms with Gasteiger partial charge in [-0.3, -0.25) is 4.68 Å². The number of alkyl halides is 1. The molecule has 0 aromatic carbocycles. The quantitative estimate of drug-likeness (QED) is 0.590. The van der Waals surface area contributed by atoms with Crippen LogP contribution < -0.4 is 5.32 Å². The van der Waals surface area contributed by atoms with Crippen molar-refractivity contribution < 1.29 is 0 Å². The molecule has 16 heavy (non-hydrogen) atoms. The Morgan fingerprint density at radius 3 is 2.94 bits per heavy atom. The largest absolute Gasteiger partial charge is 0.311 e. The maximum absolute atomic E-state index is 5.88. The molecule has 1 aromatic heterocycles. The third kappa shape index (κ3) is 4.54. The van der Waals surface area contributed by atoms with E-state index in [0.29, 0.717) is 0 Å². The second kappa shape index (κ2) is 6.92. The van der Waals surface area contributed by atoms with Crippen LogP contribution in [0.1, 0.15) is 38.1 Å². The van der Waals surface area contributed by atoms with Gasteiger partial charge in [-0.15, -0.1) is 11.6 Å². The van der Waals surface area contributed by atoms with E-state index in [0.717, 1.165) is 38.2 Å². The van der Waals surface area contributed by atoms with Gasteiger partial charge < -0.3 is 5.32 Å². The van der Waals surface area contributed by atoms with Gasteiger partial charge in [-0.05, 0) is 46.2 Å². The smallest absolute Gasteiger partial charge is 0.0597 e. The lowest BCUT2D eigenvalue weighted by Gasteiger charge is -2.07. The van der Waals surface area contributed by atoms with Crippen molar-refractivity contribution in [1.29, 1.82) is 0 Å². The Bertz CT molecular complexity index is 307. The number of aryl methyl sites for hydroxylation is 2. The van der Waals surface area contributed by atoms with E-state index in [1.165, 1.54) is 5.69 Å². The summed E-state index contributed by atoms with van der Waals surface area (Å²) in [5.41, 5.74) is 2.35. The SMILES string of the molecule is CCn1nc(C)cc1CNCCCC(C)Cl. The first-order chi connectivity index (χ1) is 7.63. The number of hydrogen-bond acceptors (Lipinski definition) is 2. The van der Waals surface area contributed by atoms with Gasteiger partial charge in [0.05, 0.1) is 11.4 Å². The lowest BCUT2D eigenvalue weighted by molar-refractivity contribution is 0.563. The molecule has 0 aliphatic carbocycles. The summed E-state index contributed by atoms with van der Waals surface area (Å²) in [4.78, 5) is 0. The van der Waals surface area contributed by atoms with Gasteiger partial charge in [-0.2, -0.15) is 5.10 Å². The second-order valence-electron chi connectivity index (χ2n) is 4.19. The fraction of sp³-hybridized carbons (Fsp3) is 0.750. The fourth-order valence-corrected chi connectivity index (χ4v) is 1.89. The summed E-state index contributed by atoms with van der Waals surface area (Å²) in [5, 5.41) is 8.12. The van der Waals surface area contributed by atoms with Crippen LogP contribution in [0, 0.1) is 6.92 Å². The molecule has 0 saturated carbocycles. The minimum Gasteiger partial charge on any atom is -0.311 e. The normalized spacial score (nSPS) is 13.0. The minimum atomic E-state index is 0.283. The first kappa shape index (κ1) is 13.5. The number of rotatable bonds is 7. The summed E-state index contributed by atoms with van der Waals surface area (Å²) in [6, 6.07) is 2.14. The molecule has 92 valence electrons. The van der Waals surface area contributed by atoms with Crippen LogP contribution in [0.3, 0.4) is 0 Å². The fourth-order valence-electron chi connectivity index (χ4n) is 1.74. The summed E-state index contributed by atoms with van der Waals surface area (Å²) >= 11 is 5.88. The molecule has 0 aliphatic rings. The van der Waals surface area contributed by atoms with Crippen molar-refractivity contribution >= 4 is 11.6 Å². The van der Waals surface area contributed by atoms with Gasteiger partial charge in [0, 0.05) is 18.5 Å². The summed E-state index contributed by atoms with van der Waals surface area (Å²) < 4.78 is 2.05. The second-order valence-corrected chi connectivity index (χ2v) is 4.94. The third-order valence-corrected chi connectivity index (χ3v) is 2.76. The van der Waals surface area contributed by atoms with Crippen molar-refractivity contribution in [2.24, 2.45) is 0 Å². The van der Waals surface area contributed by atoms with Gasteiger partial charge in [0.15, 0.2) is 0 Å². The van der Waals surface area contributed by atoms with E-state index in [2.05, 4.69) is 23.4 Å². The number of hydrogen-bond donors (Lipinski definition) is 1. The molecule has 0 bridgehead atoms. The monoisotopic (exact) mass is 243 g/mol. The highest BCUT2D eigenvalue weighted by atomic mass is 35.5. The lowest BCUT2D eigenvalue weighted by atomic mass is 10.2.